The summed E-state index contributed by atoms with van der Waals surface area (Å²) in [6, 6.07) is 0.699. The zero-order chi connectivity index (χ0) is 13.3. The molecule has 3 saturated carbocycles. The van der Waals surface area contributed by atoms with Crippen LogP contribution in [-0.2, 0) is 0 Å². The Labute approximate surface area is 118 Å². The van der Waals surface area contributed by atoms with Gasteiger partial charge in [0.05, 0.1) is 6.61 Å². The predicted octanol–water partition coefficient (Wildman–Crippen LogP) is 3.63. The van der Waals surface area contributed by atoms with Crippen molar-refractivity contribution in [2.45, 2.75) is 89.1 Å². The summed E-state index contributed by atoms with van der Waals surface area (Å²) in [5, 5.41) is 13.9. The van der Waals surface area contributed by atoms with Gasteiger partial charge in [0.1, 0.15) is 0 Å². The average Bonchev–Trinajstić information content (AvgIpc) is 2.45. The van der Waals surface area contributed by atoms with Crippen molar-refractivity contribution in [2.24, 2.45) is 11.3 Å². The van der Waals surface area contributed by atoms with Crippen LogP contribution >= 0.6 is 0 Å². The van der Waals surface area contributed by atoms with E-state index >= 15 is 0 Å². The molecule has 0 aliphatic heterocycles. The van der Waals surface area contributed by atoms with Gasteiger partial charge in [-0.25, -0.2) is 0 Å². The van der Waals surface area contributed by atoms with Crippen molar-refractivity contribution in [1.82, 2.24) is 5.32 Å². The number of rotatable bonds is 3. The molecular formula is C17H31NO. The van der Waals surface area contributed by atoms with Gasteiger partial charge in [0, 0.05) is 11.6 Å². The van der Waals surface area contributed by atoms with Gasteiger partial charge >= 0.3 is 0 Å². The van der Waals surface area contributed by atoms with Crippen LogP contribution in [0.15, 0.2) is 0 Å². The molecular weight excluding hydrogens is 234 g/mol. The van der Waals surface area contributed by atoms with E-state index in [9.17, 15) is 5.11 Å². The van der Waals surface area contributed by atoms with Crippen LogP contribution in [0.3, 0.4) is 0 Å². The summed E-state index contributed by atoms with van der Waals surface area (Å²) in [7, 11) is 0. The fourth-order valence-electron chi connectivity index (χ4n) is 5.13. The minimum atomic E-state index is 0.0488. The Hall–Kier alpha value is -0.0800. The average molecular weight is 265 g/mol. The van der Waals surface area contributed by atoms with Crippen LogP contribution in [0.2, 0.25) is 0 Å². The van der Waals surface area contributed by atoms with E-state index in [4.69, 9.17) is 0 Å². The zero-order valence-electron chi connectivity index (χ0n) is 12.6. The first-order valence-electron chi connectivity index (χ1n) is 8.57. The number of aliphatic hydroxyl groups excluding tert-OH is 1. The number of hydrogen-bond acceptors (Lipinski definition) is 2. The molecule has 0 saturated heterocycles. The van der Waals surface area contributed by atoms with E-state index in [1.165, 1.54) is 70.6 Å². The van der Waals surface area contributed by atoms with Gasteiger partial charge in [-0.2, -0.15) is 0 Å². The normalized spacial score (nSPS) is 42.0. The molecule has 3 aliphatic rings. The summed E-state index contributed by atoms with van der Waals surface area (Å²) in [5.74, 6) is 0.774. The fraction of sp³-hybridized carbons (Fsp3) is 1.00. The van der Waals surface area contributed by atoms with Crippen molar-refractivity contribution < 1.29 is 5.11 Å². The molecule has 2 N–H and O–H groups in total. The highest BCUT2D eigenvalue weighted by Gasteiger charge is 2.49. The molecule has 0 amide bonds. The molecule has 3 fully saturated rings. The third-order valence-electron chi connectivity index (χ3n) is 6.39. The lowest BCUT2D eigenvalue weighted by Gasteiger charge is -2.56. The van der Waals surface area contributed by atoms with Crippen molar-refractivity contribution in [2.75, 3.05) is 6.61 Å². The number of aliphatic hydroxyl groups is 1. The summed E-state index contributed by atoms with van der Waals surface area (Å²) < 4.78 is 0. The second-order valence-electron chi connectivity index (χ2n) is 7.80. The van der Waals surface area contributed by atoms with Crippen LogP contribution in [0.5, 0.6) is 0 Å². The molecule has 0 aromatic rings. The third-order valence-corrected chi connectivity index (χ3v) is 6.39. The maximum atomic E-state index is 9.95. The quantitative estimate of drug-likeness (QED) is 0.816. The van der Waals surface area contributed by atoms with E-state index in [1.54, 1.807) is 0 Å². The lowest BCUT2D eigenvalue weighted by atomic mass is 9.56. The van der Waals surface area contributed by atoms with Gasteiger partial charge < -0.3 is 10.4 Å². The molecule has 0 aromatic heterocycles. The molecule has 3 rings (SSSR count). The SMILES string of the molecule is CC1CCCC(CO)(NC2CCC23CCCCC3)C1. The largest absolute Gasteiger partial charge is 0.394 e. The van der Waals surface area contributed by atoms with E-state index in [1.807, 2.05) is 0 Å². The Balaban J connectivity index is 1.65. The Morgan fingerprint density at radius 1 is 1.00 bits per heavy atom. The standard InChI is InChI=1S/C17H31NO/c1-14-6-5-10-17(12-14,13-19)18-15-7-11-16(15)8-3-2-4-9-16/h14-15,18-19H,2-13H2,1H3. The summed E-state index contributed by atoms with van der Waals surface area (Å²) in [5.41, 5.74) is 0.661. The van der Waals surface area contributed by atoms with E-state index in [-0.39, 0.29) is 5.54 Å². The fourth-order valence-corrected chi connectivity index (χ4v) is 5.13. The summed E-state index contributed by atoms with van der Waals surface area (Å²) in [6.07, 6.45) is 14.9. The van der Waals surface area contributed by atoms with Crippen molar-refractivity contribution in [1.29, 1.82) is 0 Å². The van der Waals surface area contributed by atoms with Crippen molar-refractivity contribution >= 4 is 0 Å². The second-order valence-corrected chi connectivity index (χ2v) is 7.80. The smallest absolute Gasteiger partial charge is 0.0613 e. The highest BCUT2D eigenvalue weighted by atomic mass is 16.3. The van der Waals surface area contributed by atoms with E-state index in [0.29, 0.717) is 18.1 Å². The van der Waals surface area contributed by atoms with Gasteiger partial charge in [0.2, 0.25) is 0 Å². The van der Waals surface area contributed by atoms with Crippen LogP contribution < -0.4 is 5.32 Å². The lowest BCUT2D eigenvalue weighted by Crippen LogP contribution is -2.64. The monoisotopic (exact) mass is 265 g/mol. The van der Waals surface area contributed by atoms with Gasteiger partial charge in [-0.15, -0.1) is 0 Å². The van der Waals surface area contributed by atoms with Crippen molar-refractivity contribution in [3.8, 4) is 0 Å². The predicted molar refractivity (Wildman–Crippen MR) is 79.1 cm³/mol. The highest BCUT2D eigenvalue weighted by molar-refractivity contribution is 5.06. The molecule has 0 heterocycles. The van der Waals surface area contributed by atoms with Crippen LogP contribution in [0.1, 0.15) is 77.6 Å². The minimum absolute atomic E-state index is 0.0488. The first kappa shape index (κ1) is 13.9. The zero-order valence-corrected chi connectivity index (χ0v) is 12.6. The first-order chi connectivity index (χ1) is 9.18. The maximum absolute atomic E-state index is 9.95. The van der Waals surface area contributed by atoms with Gasteiger partial charge in [-0.1, -0.05) is 39.0 Å². The van der Waals surface area contributed by atoms with Gasteiger partial charge in [-0.3, -0.25) is 0 Å². The van der Waals surface area contributed by atoms with Gasteiger partial charge in [0.15, 0.2) is 0 Å². The van der Waals surface area contributed by atoms with E-state index < -0.39 is 0 Å². The van der Waals surface area contributed by atoms with Crippen molar-refractivity contribution in [3.05, 3.63) is 0 Å². The summed E-state index contributed by atoms with van der Waals surface area (Å²) >= 11 is 0. The number of nitrogens with one attached hydrogen (secondary N) is 1. The maximum Gasteiger partial charge on any atom is 0.0613 e. The minimum Gasteiger partial charge on any atom is -0.394 e. The molecule has 1 spiro atoms. The van der Waals surface area contributed by atoms with Crippen LogP contribution in [-0.4, -0.2) is 23.3 Å². The second kappa shape index (κ2) is 5.37. The molecule has 0 bridgehead atoms. The summed E-state index contributed by atoms with van der Waals surface area (Å²) in [4.78, 5) is 0. The van der Waals surface area contributed by atoms with Gasteiger partial charge in [0.25, 0.3) is 0 Å². The summed E-state index contributed by atoms with van der Waals surface area (Å²) in [6.45, 7) is 2.69. The van der Waals surface area contributed by atoms with E-state index in [0.717, 1.165) is 5.92 Å². The Bertz CT molecular complexity index is 310. The Morgan fingerprint density at radius 2 is 1.79 bits per heavy atom. The lowest BCUT2D eigenvalue weighted by molar-refractivity contribution is -0.0197. The van der Waals surface area contributed by atoms with Crippen molar-refractivity contribution in [3.63, 3.8) is 0 Å². The molecule has 110 valence electrons. The molecule has 0 radical (unpaired) electrons. The molecule has 3 atom stereocenters. The molecule has 2 heteroatoms. The molecule has 3 unspecified atom stereocenters. The molecule has 0 aromatic carbocycles. The van der Waals surface area contributed by atoms with Crippen LogP contribution in [0, 0.1) is 11.3 Å². The molecule has 2 nitrogen and oxygen atoms in total. The van der Waals surface area contributed by atoms with Crippen LogP contribution in [0.4, 0.5) is 0 Å². The third kappa shape index (κ3) is 2.58. The number of hydrogen-bond donors (Lipinski definition) is 2. The molecule has 19 heavy (non-hydrogen) atoms. The van der Waals surface area contributed by atoms with Crippen LogP contribution in [0.25, 0.3) is 0 Å². The Morgan fingerprint density at radius 3 is 2.37 bits per heavy atom. The highest BCUT2D eigenvalue weighted by Crippen LogP contribution is 2.52. The topological polar surface area (TPSA) is 32.3 Å². The van der Waals surface area contributed by atoms with Gasteiger partial charge in [-0.05, 0) is 49.9 Å². The Kier molecular flexibility index (Phi) is 3.92. The first-order valence-corrected chi connectivity index (χ1v) is 8.57. The van der Waals surface area contributed by atoms with E-state index in [2.05, 4.69) is 12.2 Å². The molecule has 3 aliphatic carbocycles.